The summed E-state index contributed by atoms with van der Waals surface area (Å²) in [4.78, 5) is 12.9. The van der Waals surface area contributed by atoms with Crippen LogP contribution in [0.3, 0.4) is 0 Å². The number of sulfonamides is 1. The zero-order chi connectivity index (χ0) is 22.2. The van der Waals surface area contributed by atoms with Gasteiger partial charge in [-0.25, -0.2) is 12.8 Å². The Kier molecular flexibility index (Phi) is 6.16. The first kappa shape index (κ1) is 22.0. The van der Waals surface area contributed by atoms with Gasteiger partial charge in [0.25, 0.3) is 5.56 Å². The molecule has 2 aromatic carbocycles. The number of fused-ring (bicyclic) bond motifs is 1. The van der Waals surface area contributed by atoms with Gasteiger partial charge in [0.15, 0.2) is 0 Å². The zero-order valence-corrected chi connectivity index (χ0v) is 18.6. The van der Waals surface area contributed by atoms with Gasteiger partial charge in [-0.15, -0.1) is 0 Å². The molecule has 1 aromatic heterocycles. The minimum absolute atomic E-state index is 0.0376. The predicted octanol–water partition coefficient (Wildman–Crippen LogP) is 3.21. The Bertz CT molecular complexity index is 1280. The molecule has 0 spiro atoms. The second-order valence-electron chi connectivity index (χ2n) is 7.74. The van der Waals surface area contributed by atoms with Crippen molar-refractivity contribution < 1.29 is 12.8 Å². The first-order valence-corrected chi connectivity index (χ1v) is 11.9. The van der Waals surface area contributed by atoms with Crippen LogP contribution in [0.4, 0.5) is 4.39 Å². The van der Waals surface area contributed by atoms with Gasteiger partial charge in [0.1, 0.15) is 5.82 Å². The fraction of sp³-hybridized carbons (Fsp3) is 0.318. The number of nitrogens with one attached hydrogen (secondary N) is 1. The van der Waals surface area contributed by atoms with Crippen LogP contribution in [0.1, 0.15) is 18.9 Å². The lowest BCUT2D eigenvalue weighted by Gasteiger charge is -2.26. The Hall–Kier alpha value is -2.26. The van der Waals surface area contributed by atoms with Gasteiger partial charge >= 0.3 is 0 Å². The molecule has 0 unspecified atom stereocenters. The van der Waals surface area contributed by atoms with Gasteiger partial charge in [-0.3, -0.25) is 4.79 Å². The normalized spacial score (nSPS) is 18.2. The van der Waals surface area contributed by atoms with Crippen LogP contribution in [0.15, 0.2) is 58.4 Å². The highest BCUT2D eigenvalue weighted by atomic mass is 35.5. The molecule has 0 saturated carbocycles. The number of pyridine rings is 1. The zero-order valence-electron chi connectivity index (χ0n) is 17.0. The molecule has 1 saturated heterocycles. The third-order valence-corrected chi connectivity index (χ3v) is 7.85. The number of halogens is 2. The Labute approximate surface area is 185 Å². The van der Waals surface area contributed by atoms with Crippen molar-refractivity contribution in [2.24, 2.45) is 0 Å². The molecule has 31 heavy (non-hydrogen) atoms. The maximum absolute atomic E-state index is 15.3. The van der Waals surface area contributed by atoms with Gasteiger partial charge in [0.05, 0.1) is 16.8 Å². The van der Waals surface area contributed by atoms with E-state index in [-0.39, 0.29) is 28.3 Å². The van der Waals surface area contributed by atoms with Crippen molar-refractivity contribution in [3.05, 3.63) is 75.4 Å². The van der Waals surface area contributed by atoms with Crippen LogP contribution in [-0.4, -0.2) is 43.0 Å². The number of hydrogen-bond donors (Lipinski definition) is 1. The van der Waals surface area contributed by atoms with Gasteiger partial charge in [0, 0.05) is 35.7 Å². The molecule has 1 aliphatic rings. The highest BCUT2D eigenvalue weighted by Crippen LogP contribution is 2.28. The summed E-state index contributed by atoms with van der Waals surface area (Å²) >= 11 is 5.90. The first-order valence-electron chi connectivity index (χ1n) is 10.1. The summed E-state index contributed by atoms with van der Waals surface area (Å²) in [5.41, 5.74) is 0.328. The highest BCUT2D eigenvalue weighted by molar-refractivity contribution is 7.89. The van der Waals surface area contributed by atoms with Crippen LogP contribution in [0.25, 0.3) is 10.8 Å². The standard InChI is InChI=1S/C22H23ClFN3O3S/c1-15-12-25-10-3-11-27(15)31(29,30)20-5-2-4-18-21(20)19(24)14-26(22(18)28)13-16-6-8-17(23)9-7-16/h2,4-9,14-15,25H,3,10-13H2,1H3/t15-/m1/s1. The molecule has 1 fully saturated rings. The third kappa shape index (κ3) is 4.25. The summed E-state index contributed by atoms with van der Waals surface area (Å²) in [7, 11) is -3.99. The molecule has 4 rings (SSSR count). The molecule has 0 aliphatic carbocycles. The molecule has 1 N–H and O–H groups in total. The van der Waals surface area contributed by atoms with Crippen LogP contribution in [0.2, 0.25) is 5.02 Å². The van der Waals surface area contributed by atoms with Gasteiger partial charge in [-0.2, -0.15) is 4.31 Å². The van der Waals surface area contributed by atoms with E-state index in [0.717, 1.165) is 18.3 Å². The molecule has 6 nitrogen and oxygen atoms in total. The van der Waals surface area contributed by atoms with Gasteiger partial charge in [0.2, 0.25) is 10.0 Å². The molecule has 9 heteroatoms. The lowest BCUT2D eigenvalue weighted by atomic mass is 10.1. The fourth-order valence-corrected chi connectivity index (χ4v) is 5.98. The number of hydrogen-bond acceptors (Lipinski definition) is 4. The quantitative estimate of drug-likeness (QED) is 0.645. The van der Waals surface area contributed by atoms with Crippen LogP contribution in [-0.2, 0) is 16.6 Å². The molecule has 0 bridgehead atoms. The lowest BCUT2D eigenvalue weighted by molar-refractivity contribution is 0.353. The Morgan fingerprint density at radius 2 is 1.94 bits per heavy atom. The van der Waals surface area contributed by atoms with Crippen LogP contribution in [0.5, 0.6) is 0 Å². The van der Waals surface area contributed by atoms with Crippen molar-refractivity contribution in [2.75, 3.05) is 19.6 Å². The summed E-state index contributed by atoms with van der Waals surface area (Å²) in [6.45, 7) is 3.53. The van der Waals surface area contributed by atoms with Crippen molar-refractivity contribution in [2.45, 2.75) is 30.8 Å². The van der Waals surface area contributed by atoms with E-state index in [1.165, 1.54) is 27.1 Å². The van der Waals surface area contributed by atoms with Crippen molar-refractivity contribution in [1.29, 1.82) is 0 Å². The molecule has 0 radical (unpaired) electrons. The van der Waals surface area contributed by atoms with Crippen molar-refractivity contribution in [3.8, 4) is 0 Å². The second-order valence-corrected chi connectivity index (χ2v) is 10.0. The highest BCUT2D eigenvalue weighted by Gasteiger charge is 2.32. The van der Waals surface area contributed by atoms with Crippen molar-refractivity contribution in [1.82, 2.24) is 14.2 Å². The summed E-state index contributed by atoms with van der Waals surface area (Å²) < 4.78 is 44.8. The summed E-state index contributed by atoms with van der Waals surface area (Å²) in [6, 6.07) is 10.9. The maximum Gasteiger partial charge on any atom is 0.258 e. The summed E-state index contributed by atoms with van der Waals surface area (Å²) in [5, 5.41) is 3.64. The average Bonchev–Trinajstić information content (AvgIpc) is 2.97. The average molecular weight is 464 g/mol. The van der Waals surface area contributed by atoms with E-state index in [1.54, 1.807) is 24.3 Å². The molecule has 1 aliphatic heterocycles. The third-order valence-electron chi connectivity index (χ3n) is 5.54. The Balaban J connectivity index is 1.82. The fourth-order valence-electron chi connectivity index (χ4n) is 3.97. The summed E-state index contributed by atoms with van der Waals surface area (Å²) in [6.07, 6.45) is 1.73. The van der Waals surface area contributed by atoms with Gasteiger partial charge in [-0.05, 0) is 49.7 Å². The molecule has 0 amide bonds. The number of rotatable bonds is 4. The van der Waals surface area contributed by atoms with E-state index < -0.39 is 21.4 Å². The van der Waals surface area contributed by atoms with E-state index >= 15 is 4.39 Å². The van der Waals surface area contributed by atoms with E-state index in [0.29, 0.717) is 24.5 Å². The first-order chi connectivity index (χ1) is 14.8. The molecular formula is C22H23ClFN3O3S. The van der Waals surface area contributed by atoms with E-state index in [2.05, 4.69) is 5.32 Å². The monoisotopic (exact) mass is 463 g/mol. The van der Waals surface area contributed by atoms with Gasteiger partial charge < -0.3 is 9.88 Å². The molecule has 1 atom stereocenters. The Morgan fingerprint density at radius 3 is 2.68 bits per heavy atom. The lowest BCUT2D eigenvalue weighted by Crippen LogP contribution is -2.41. The SMILES string of the molecule is C[C@@H]1CNCCCN1S(=O)(=O)c1cccc2c(=O)n(Cc3ccc(Cl)cc3)cc(F)c12. The maximum atomic E-state index is 15.3. The molecule has 2 heterocycles. The number of nitrogens with zero attached hydrogens (tertiary/aromatic N) is 2. The smallest absolute Gasteiger partial charge is 0.258 e. The van der Waals surface area contributed by atoms with Crippen molar-refractivity contribution >= 4 is 32.4 Å². The van der Waals surface area contributed by atoms with Gasteiger partial charge in [-0.1, -0.05) is 29.8 Å². The van der Waals surface area contributed by atoms with E-state index in [9.17, 15) is 13.2 Å². The second kappa shape index (κ2) is 8.70. The topological polar surface area (TPSA) is 71.4 Å². The van der Waals surface area contributed by atoms with Crippen LogP contribution >= 0.6 is 11.6 Å². The van der Waals surface area contributed by atoms with Crippen LogP contribution in [0, 0.1) is 5.82 Å². The van der Waals surface area contributed by atoms with E-state index in [4.69, 9.17) is 11.6 Å². The minimum Gasteiger partial charge on any atom is -0.315 e. The van der Waals surface area contributed by atoms with Crippen molar-refractivity contribution in [3.63, 3.8) is 0 Å². The minimum atomic E-state index is -3.99. The largest absolute Gasteiger partial charge is 0.315 e. The predicted molar refractivity (Wildman–Crippen MR) is 120 cm³/mol. The van der Waals surface area contributed by atoms with E-state index in [1.807, 2.05) is 6.92 Å². The summed E-state index contributed by atoms with van der Waals surface area (Å²) in [5.74, 6) is -0.747. The Morgan fingerprint density at radius 1 is 1.19 bits per heavy atom. The molecule has 164 valence electrons. The molecule has 3 aromatic rings. The van der Waals surface area contributed by atoms with Crippen LogP contribution < -0.4 is 10.9 Å². The number of benzene rings is 2. The number of aromatic nitrogens is 1. The molecular weight excluding hydrogens is 441 g/mol.